The number of fused-ring (bicyclic) bond motifs is 2. The molecule has 2 aromatic heterocycles. The summed E-state index contributed by atoms with van der Waals surface area (Å²) < 4.78 is 0. The fourth-order valence-electron chi connectivity index (χ4n) is 5.82. The number of hydrogen-bond donors (Lipinski definition) is 3. The third kappa shape index (κ3) is 5.31. The molecule has 0 radical (unpaired) electrons. The first-order chi connectivity index (χ1) is 18.7. The van der Waals surface area contributed by atoms with E-state index in [0.717, 1.165) is 37.0 Å². The summed E-state index contributed by atoms with van der Waals surface area (Å²) in [5, 5.41) is 15.0. The second kappa shape index (κ2) is 11.2. The van der Waals surface area contributed by atoms with E-state index in [1.807, 2.05) is 12.1 Å². The van der Waals surface area contributed by atoms with Gasteiger partial charge in [-0.2, -0.15) is 10.3 Å². The van der Waals surface area contributed by atoms with E-state index in [-0.39, 0.29) is 5.92 Å². The Morgan fingerprint density at radius 1 is 0.842 bits per heavy atom. The Kier molecular flexibility index (Phi) is 7.14. The number of nitrogens with zero attached hydrogens (tertiary/aromatic N) is 3. The van der Waals surface area contributed by atoms with E-state index in [0.29, 0.717) is 11.5 Å². The first kappa shape index (κ1) is 24.3. The van der Waals surface area contributed by atoms with Gasteiger partial charge in [0.1, 0.15) is 11.3 Å². The molecule has 0 saturated carbocycles. The van der Waals surface area contributed by atoms with Crippen molar-refractivity contribution in [1.82, 2.24) is 25.7 Å². The normalized spacial score (nSPS) is 13.9. The van der Waals surface area contributed by atoms with Crippen LogP contribution >= 0.6 is 0 Å². The zero-order valence-corrected chi connectivity index (χ0v) is 21.7. The van der Waals surface area contributed by atoms with Crippen molar-refractivity contribution >= 4 is 17.0 Å². The summed E-state index contributed by atoms with van der Waals surface area (Å²) in [4.78, 5) is 4.33. The number of pyridine rings is 1. The van der Waals surface area contributed by atoms with Crippen LogP contribution < -0.4 is 11.1 Å². The minimum atomic E-state index is 0.132. The molecule has 0 amide bonds. The fraction of sp³-hybridized carbons (Fsp3) is 0.281. The number of rotatable bonds is 9. The van der Waals surface area contributed by atoms with Crippen molar-refractivity contribution in [3.8, 4) is 0 Å². The molecule has 2 heterocycles. The van der Waals surface area contributed by atoms with Crippen molar-refractivity contribution in [2.75, 3.05) is 12.3 Å². The summed E-state index contributed by atoms with van der Waals surface area (Å²) in [7, 11) is 0. The lowest BCUT2D eigenvalue weighted by Crippen LogP contribution is -2.19. The number of benzene rings is 3. The Morgan fingerprint density at radius 3 is 2.50 bits per heavy atom. The molecule has 0 spiro atoms. The minimum absolute atomic E-state index is 0.132. The summed E-state index contributed by atoms with van der Waals surface area (Å²) in [6.07, 6.45) is 6.97. The van der Waals surface area contributed by atoms with Gasteiger partial charge in [-0.1, -0.05) is 72.8 Å². The number of H-pyrrole nitrogens is 1. The van der Waals surface area contributed by atoms with Gasteiger partial charge in [0.25, 0.3) is 0 Å². The van der Waals surface area contributed by atoms with Crippen molar-refractivity contribution in [3.63, 3.8) is 0 Å². The first-order valence-electron chi connectivity index (χ1n) is 13.6. The van der Waals surface area contributed by atoms with E-state index in [2.05, 4.69) is 92.4 Å². The number of hydrogen-bond acceptors (Lipinski definition) is 5. The van der Waals surface area contributed by atoms with Crippen molar-refractivity contribution in [3.05, 3.63) is 118 Å². The lowest BCUT2D eigenvalue weighted by molar-refractivity contribution is 0.611. The average Bonchev–Trinajstić information content (AvgIpc) is 3.42. The van der Waals surface area contributed by atoms with Gasteiger partial charge in [-0.15, -0.1) is 5.10 Å². The molecule has 4 N–H and O–H groups in total. The van der Waals surface area contributed by atoms with Crippen LogP contribution in [-0.2, 0) is 25.8 Å². The summed E-state index contributed by atoms with van der Waals surface area (Å²) in [5.41, 5.74) is 17.0. The zero-order valence-electron chi connectivity index (χ0n) is 21.7. The van der Waals surface area contributed by atoms with E-state index >= 15 is 0 Å². The Morgan fingerprint density at radius 2 is 1.63 bits per heavy atom. The number of anilines is 1. The maximum atomic E-state index is 6.14. The molecular weight excluding hydrogens is 468 g/mol. The van der Waals surface area contributed by atoms with E-state index in [9.17, 15) is 0 Å². The van der Waals surface area contributed by atoms with Gasteiger partial charge in [0.15, 0.2) is 0 Å². The number of aromatic amines is 1. The molecule has 0 saturated heterocycles. The van der Waals surface area contributed by atoms with Gasteiger partial charge in [0, 0.05) is 12.5 Å². The zero-order chi connectivity index (χ0) is 25.7. The van der Waals surface area contributed by atoms with Gasteiger partial charge in [0.05, 0.1) is 0 Å². The van der Waals surface area contributed by atoms with Crippen molar-refractivity contribution in [2.24, 2.45) is 0 Å². The van der Waals surface area contributed by atoms with Crippen LogP contribution in [0.25, 0.3) is 11.2 Å². The molecule has 6 heteroatoms. The molecule has 1 aliphatic carbocycles. The van der Waals surface area contributed by atoms with Crippen molar-refractivity contribution < 1.29 is 0 Å². The van der Waals surface area contributed by atoms with Gasteiger partial charge < -0.3 is 11.1 Å². The van der Waals surface area contributed by atoms with Crippen LogP contribution in [-0.4, -0.2) is 26.9 Å². The monoisotopic (exact) mass is 502 g/mol. The molecule has 5 aromatic rings. The van der Waals surface area contributed by atoms with Crippen LogP contribution in [0.15, 0.2) is 78.9 Å². The summed E-state index contributed by atoms with van der Waals surface area (Å²) in [6, 6.07) is 28.4. The van der Waals surface area contributed by atoms with Gasteiger partial charge in [-0.25, -0.2) is 4.98 Å². The lowest BCUT2D eigenvalue weighted by Gasteiger charge is -2.19. The van der Waals surface area contributed by atoms with Crippen LogP contribution in [0.2, 0.25) is 0 Å². The maximum Gasteiger partial charge on any atom is 0.203 e. The number of aryl methyl sites for hydroxylation is 2. The average molecular weight is 503 g/mol. The van der Waals surface area contributed by atoms with Crippen molar-refractivity contribution in [1.29, 1.82) is 0 Å². The van der Waals surface area contributed by atoms with Crippen LogP contribution in [0.3, 0.4) is 0 Å². The van der Waals surface area contributed by atoms with E-state index in [1.54, 1.807) is 11.1 Å². The van der Waals surface area contributed by atoms with E-state index < -0.39 is 0 Å². The predicted octanol–water partition coefficient (Wildman–Crippen LogP) is 5.72. The Labute approximate surface area is 223 Å². The highest BCUT2D eigenvalue weighted by Gasteiger charge is 2.20. The van der Waals surface area contributed by atoms with Crippen LogP contribution in [0.4, 0.5) is 5.82 Å². The maximum absolute atomic E-state index is 6.14. The highest BCUT2D eigenvalue weighted by atomic mass is 15.3. The SMILES string of the molecule is Nc1cc(C(CCNCc2ccccc2Cc2ccc3c(c2)CCCC3)c2ccccc2)c2n[nH]nc2n1. The molecular formula is C32H34N6. The molecule has 0 aliphatic heterocycles. The standard InChI is InChI=1S/C32H34N6/c33-30-20-29(31-32(35-30)37-38-36-31)28(24-9-2-1-3-10-24)16-17-34-21-27-13-7-6-12-26(27)19-22-14-15-23-8-4-5-11-25(23)18-22/h1-3,6-7,9-10,12-15,18,20,28,34H,4-5,8,11,16-17,19,21H2,(H3,33,35,36,37,38). The lowest BCUT2D eigenvalue weighted by atomic mass is 9.88. The highest BCUT2D eigenvalue weighted by Crippen LogP contribution is 2.32. The fourth-order valence-corrected chi connectivity index (χ4v) is 5.82. The first-order valence-corrected chi connectivity index (χ1v) is 13.6. The van der Waals surface area contributed by atoms with Crippen LogP contribution in [0.5, 0.6) is 0 Å². The molecule has 1 unspecified atom stereocenters. The number of aromatic nitrogens is 4. The molecule has 3 aromatic carbocycles. The minimum Gasteiger partial charge on any atom is -0.384 e. The third-order valence-electron chi connectivity index (χ3n) is 7.77. The van der Waals surface area contributed by atoms with Gasteiger partial charge in [0.2, 0.25) is 5.65 Å². The number of nitrogen functional groups attached to an aromatic ring is 1. The molecule has 1 aliphatic rings. The number of nitrogens with one attached hydrogen (secondary N) is 2. The third-order valence-corrected chi connectivity index (χ3v) is 7.77. The number of nitrogens with two attached hydrogens (primary N) is 1. The topological polar surface area (TPSA) is 92.5 Å². The highest BCUT2D eigenvalue weighted by molar-refractivity contribution is 5.77. The smallest absolute Gasteiger partial charge is 0.203 e. The van der Waals surface area contributed by atoms with Crippen LogP contribution in [0, 0.1) is 0 Å². The van der Waals surface area contributed by atoms with E-state index in [4.69, 9.17) is 5.73 Å². The largest absolute Gasteiger partial charge is 0.384 e. The summed E-state index contributed by atoms with van der Waals surface area (Å²) in [6.45, 7) is 1.69. The second-order valence-electron chi connectivity index (χ2n) is 10.3. The summed E-state index contributed by atoms with van der Waals surface area (Å²) in [5.74, 6) is 0.596. The van der Waals surface area contributed by atoms with Crippen LogP contribution in [0.1, 0.15) is 64.1 Å². The Bertz CT molecular complexity index is 1520. The predicted molar refractivity (Wildman–Crippen MR) is 153 cm³/mol. The van der Waals surface area contributed by atoms with Crippen molar-refractivity contribution in [2.45, 2.75) is 51.0 Å². The molecule has 0 fully saturated rings. The second-order valence-corrected chi connectivity index (χ2v) is 10.3. The Balaban J connectivity index is 1.16. The molecule has 6 nitrogen and oxygen atoms in total. The molecule has 0 bridgehead atoms. The van der Waals surface area contributed by atoms with E-state index in [1.165, 1.54) is 47.9 Å². The van der Waals surface area contributed by atoms with Gasteiger partial charge in [-0.05, 0) is 90.1 Å². The molecule has 38 heavy (non-hydrogen) atoms. The molecule has 6 rings (SSSR count). The Hall–Kier alpha value is -4.03. The quantitative estimate of drug-likeness (QED) is 0.224. The van der Waals surface area contributed by atoms with Gasteiger partial charge in [-0.3, -0.25) is 0 Å². The van der Waals surface area contributed by atoms with Gasteiger partial charge >= 0.3 is 0 Å². The molecule has 1 atom stereocenters. The molecule has 192 valence electrons. The summed E-state index contributed by atoms with van der Waals surface area (Å²) >= 11 is 0.